The molecule has 2 aromatic carbocycles. The number of anilines is 1. The fourth-order valence-electron chi connectivity index (χ4n) is 3.15. The molecule has 2 aromatic rings. The van der Waals surface area contributed by atoms with E-state index in [0.29, 0.717) is 32.8 Å². The molecule has 0 aromatic heterocycles. The Balaban J connectivity index is 1.94. The number of benzene rings is 2. The van der Waals surface area contributed by atoms with Crippen molar-refractivity contribution >= 4 is 33.4 Å². The first kappa shape index (κ1) is 20.9. The van der Waals surface area contributed by atoms with E-state index in [-0.39, 0.29) is 24.1 Å². The van der Waals surface area contributed by atoms with Gasteiger partial charge >= 0.3 is 0 Å². The van der Waals surface area contributed by atoms with Gasteiger partial charge in [0.05, 0.1) is 19.9 Å². The SMILES string of the molecule is COc1cc(Br)c(NC(=O)C2=CN(C)C(=O)CC2c2ccc(F)cc2)cc1OC. The number of ether oxygens (including phenoxy) is 2. The second-order valence-corrected chi connectivity index (χ2v) is 7.39. The van der Waals surface area contributed by atoms with Crippen molar-refractivity contribution in [2.24, 2.45) is 0 Å². The van der Waals surface area contributed by atoms with Gasteiger partial charge in [-0.25, -0.2) is 4.39 Å². The van der Waals surface area contributed by atoms with Crippen molar-refractivity contribution < 1.29 is 23.5 Å². The average Bonchev–Trinajstić information content (AvgIpc) is 2.71. The van der Waals surface area contributed by atoms with Crippen molar-refractivity contribution in [2.45, 2.75) is 12.3 Å². The van der Waals surface area contributed by atoms with Gasteiger partial charge < -0.3 is 19.7 Å². The third-order valence-electron chi connectivity index (χ3n) is 4.74. The van der Waals surface area contributed by atoms with Gasteiger partial charge in [0.2, 0.25) is 5.91 Å². The number of methoxy groups -OCH3 is 2. The minimum atomic E-state index is -0.474. The fraction of sp³-hybridized carbons (Fsp3) is 0.238. The molecule has 0 aliphatic carbocycles. The molecule has 152 valence electrons. The molecule has 6 nitrogen and oxygen atoms in total. The van der Waals surface area contributed by atoms with Crippen molar-refractivity contribution in [3.63, 3.8) is 0 Å². The van der Waals surface area contributed by atoms with Gasteiger partial charge in [-0.15, -0.1) is 0 Å². The molecule has 0 fully saturated rings. The predicted molar refractivity (Wildman–Crippen MR) is 110 cm³/mol. The number of rotatable bonds is 5. The third kappa shape index (κ3) is 4.42. The average molecular weight is 463 g/mol. The van der Waals surface area contributed by atoms with E-state index in [1.807, 2.05) is 0 Å². The van der Waals surface area contributed by atoms with E-state index in [1.165, 1.54) is 37.5 Å². The minimum absolute atomic E-state index is 0.120. The molecule has 1 unspecified atom stereocenters. The number of nitrogens with zero attached hydrogens (tertiary/aromatic N) is 1. The van der Waals surface area contributed by atoms with Crippen LogP contribution in [0.4, 0.5) is 10.1 Å². The molecule has 1 N–H and O–H groups in total. The molecule has 1 aliphatic heterocycles. The number of nitrogens with one attached hydrogen (secondary N) is 1. The molecule has 0 saturated heterocycles. The van der Waals surface area contributed by atoms with Crippen molar-refractivity contribution in [1.82, 2.24) is 4.90 Å². The summed E-state index contributed by atoms with van der Waals surface area (Å²) in [6.07, 6.45) is 1.64. The van der Waals surface area contributed by atoms with Gasteiger partial charge in [0.1, 0.15) is 5.82 Å². The van der Waals surface area contributed by atoms with Gasteiger partial charge in [0.15, 0.2) is 11.5 Å². The van der Waals surface area contributed by atoms with Crippen LogP contribution in [0.25, 0.3) is 0 Å². The lowest BCUT2D eigenvalue weighted by atomic mass is 9.85. The topological polar surface area (TPSA) is 67.9 Å². The summed E-state index contributed by atoms with van der Waals surface area (Å²) in [5.74, 6) is -0.361. The van der Waals surface area contributed by atoms with Crippen molar-refractivity contribution in [2.75, 3.05) is 26.6 Å². The summed E-state index contributed by atoms with van der Waals surface area (Å²) >= 11 is 3.42. The van der Waals surface area contributed by atoms with Crippen LogP contribution in [-0.2, 0) is 9.59 Å². The van der Waals surface area contributed by atoms with Crippen LogP contribution in [0.5, 0.6) is 11.5 Å². The van der Waals surface area contributed by atoms with Gasteiger partial charge in [0, 0.05) is 47.8 Å². The Kier molecular flexibility index (Phi) is 6.22. The number of hydrogen-bond acceptors (Lipinski definition) is 4. The maximum atomic E-state index is 13.3. The van der Waals surface area contributed by atoms with Crippen LogP contribution in [0, 0.1) is 5.82 Å². The van der Waals surface area contributed by atoms with E-state index in [9.17, 15) is 14.0 Å². The summed E-state index contributed by atoms with van der Waals surface area (Å²) in [7, 11) is 4.63. The third-order valence-corrected chi connectivity index (χ3v) is 5.39. The minimum Gasteiger partial charge on any atom is -0.493 e. The highest BCUT2D eigenvalue weighted by molar-refractivity contribution is 9.10. The van der Waals surface area contributed by atoms with Gasteiger partial charge in [-0.2, -0.15) is 0 Å². The second-order valence-electron chi connectivity index (χ2n) is 6.54. The molecule has 1 heterocycles. The van der Waals surface area contributed by atoms with Crippen molar-refractivity contribution in [3.8, 4) is 11.5 Å². The van der Waals surface area contributed by atoms with Crippen LogP contribution in [0.3, 0.4) is 0 Å². The second kappa shape index (κ2) is 8.65. The zero-order valence-electron chi connectivity index (χ0n) is 16.2. The summed E-state index contributed by atoms with van der Waals surface area (Å²) in [5.41, 5.74) is 1.59. The molecule has 29 heavy (non-hydrogen) atoms. The Morgan fingerprint density at radius 3 is 2.41 bits per heavy atom. The zero-order valence-corrected chi connectivity index (χ0v) is 17.7. The van der Waals surface area contributed by atoms with Crippen LogP contribution >= 0.6 is 15.9 Å². The molecule has 0 spiro atoms. The molecular formula is C21H20BrFN2O4. The normalized spacial score (nSPS) is 16.3. The Bertz CT molecular complexity index is 975. The van der Waals surface area contributed by atoms with E-state index in [0.717, 1.165) is 0 Å². The number of hydrogen-bond donors (Lipinski definition) is 1. The monoisotopic (exact) mass is 462 g/mol. The number of halogens is 2. The molecule has 1 aliphatic rings. The lowest BCUT2D eigenvalue weighted by Gasteiger charge is -2.28. The van der Waals surface area contributed by atoms with E-state index >= 15 is 0 Å². The Labute approximate surface area is 176 Å². The van der Waals surface area contributed by atoms with E-state index in [2.05, 4.69) is 21.2 Å². The van der Waals surface area contributed by atoms with Crippen LogP contribution < -0.4 is 14.8 Å². The molecule has 3 rings (SSSR count). The zero-order chi connectivity index (χ0) is 21.1. The van der Waals surface area contributed by atoms with Gasteiger partial charge in [-0.05, 0) is 33.6 Å². The first-order valence-electron chi connectivity index (χ1n) is 8.79. The molecule has 8 heteroatoms. The van der Waals surface area contributed by atoms with E-state index in [4.69, 9.17) is 9.47 Å². The molecular weight excluding hydrogens is 443 g/mol. The highest BCUT2D eigenvalue weighted by atomic mass is 79.9. The summed E-state index contributed by atoms with van der Waals surface area (Å²) in [5, 5.41) is 2.85. The molecule has 0 saturated carbocycles. The largest absolute Gasteiger partial charge is 0.493 e. The summed E-state index contributed by atoms with van der Waals surface area (Å²) in [6, 6.07) is 9.15. The summed E-state index contributed by atoms with van der Waals surface area (Å²) < 4.78 is 24.5. The Morgan fingerprint density at radius 2 is 1.79 bits per heavy atom. The molecule has 0 radical (unpaired) electrons. The van der Waals surface area contributed by atoms with Crippen LogP contribution in [0.15, 0.2) is 52.6 Å². The van der Waals surface area contributed by atoms with Crippen molar-refractivity contribution in [1.29, 1.82) is 0 Å². The molecule has 2 amide bonds. The molecule has 1 atom stereocenters. The highest BCUT2D eigenvalue weighted by Gasteiger charge is 2.31. The van der Waals surface area contributed by atoms with Crippen molar-refractivity contribution in [3.05, 3.63) is 64.0 Å². The smallest absolute Gasteiger partial charge is 0.253 e. The first-order valence-corrected chi connectivity index (χ1v) is 9.59. The van der Waals surface area contributed by atoms with Gasteiger partial charge in [0.25, 0.3) is 5.91 Å². The maximum absolute atomic E-state index is 13.3. The van der Waals surface area contributed by atoms with E-state index < -0.39 is 5.92 Å². The predicted octanol–water partition coefficient (Wildman–Crippen LogP) is 4.07. The van der Waals surface area contributed by atoms with E-state index in [1.54, 1.807) is 31.3 Å². The van der Waals surface area contributed by atoms with Gasteiger partial charge in [-0.3, -0.25) is 9.59 Å². The summed E-state index contributed by atoms with van der Waals surface area (Å²) in [6.45, 7) is 0. The van der Waals surface area contributed by atoms with Crippen LogP contribution in [-0.4, -0.2) is 38.0 Å². The van der Waals surface area contributed by atoms with Crippen LogP contribution in [0.1, 0.15) is 17.9 Å². The Morgan fingerprint density at radius 1 is 1.17 bits per heavy atom. The highest BCUT2D eigenvalue weighted by Crippen LogP contribution is 2.38. The first-order chi connectivity index (χ1) is 13.8. The fourth-order valence-corrected chi connectivity index (χ4v) is 3.57. The lowest BCUT2D eigenvalue weighted by molar-refractivity contribution is -0.128. The number of amides is 2. The maximum Gasteiger partial charge on any atom is 0.253 e. The summed E-state index contributed by atoms with van der Waals surface area (Å²) in [4.78, 5) is 26.7. The number of carbonyl (C=O) groups is 2. The van der Waals surface area contributed by atoms with Gasteiger partial charge in [-0.1, -0.05) is 12.1 Å². The molecule has 0 bridgehead atoms. The quantitative estimate of drug-likeness (QED) is 0.726. The standard InChI is InChI=1S/C21H20BrFN2O4/c1-25-11-15(14(8-20(25)26)12-4-6-13(23)7-5-12)21(27)24-17-10-19(29-3)18(28-2)9-16(17)22/h4-7,9-11,14H,8H2,1-3H3,(H,24,27). The number of carbonyl (C=O) groups excluding carboxylic acids is 2. The Hall–Kier alpha value is -2.87. The lowest BCUT2D eigenvalue weighted by Crippen LogP contribution is -2.33. The van der Waals surface area contributed by atoms with Crippen LogP contribution in [0.2, 0.25) is 0 Å².